The summed E-state index contributed by atoms with van der Waals surface area (Å²) in [6.45, 7) is 5.02. The molecule has 0 amide bonds. The molecular formula is C18H26O3. The van der Waals surface area contributed by atoms with Gasteiger partial charge in [0.25, 0.3) is 0 Å². The summed E-state index contributed by atoms with van der Waals surface area (Å²) in [6.07, 6.45) is 5.54. The van der Waals surface area contributed by atoms with Crippen LogP contribution in [0.1, 0.15) is 56.3 Å². The molecule has 1 saturated carbocycles. The van der Waals surface area contributed by atoms with E-state index in [9.17, 15) is 4.79 Å². The van der Waals surface area contributed by atoms with Crippen molar-refractivity contribution < 1.29 is 14.3 Å². The van der Waals surface area contributed by atoms with Crippen molar-refractivity contribution in [1.29, 1.82) is 0 Å². The third kappa shape index (κ3) is 4.07. The summed E-state index contributed by atoms with van der Waals surface area (Å²) < 4.78 is 11.4. The summed E-state index contributed by atoms with van der Waals surface area (Å²) in [7, 11) is 0. The maximum Gasteiger partial charge on any atom is 0.195 e. The lowest BCUT2D eigenvalue weighted by Crippen LogP contribution is -2.34. The highest BCUT2D eigenvalue weighted by Crippen LogP contribution is 2.31. The second-order valence-electron chi connectivity index (χ2n) is 5.57. The van der Waals surface area contributed by atoms with Gasteiger partial charge in [0.1, 0.15) is 11.9 Å². The van der Waals surface area contributed by atoms with Crippen LogP contribution in [0.3, 0.4) is 0 Å². The average molecular weight is 290 g/mol. The molecule has 0 radical (unpaired) electrons. The number of ketones is 1. The molecule has 1 atom stereocenters. The Morgan fingerprint density at radius 2 is 1.86 bits per heavy atom. The van der Waals surface area contributed by atoms with Gasteiger partial charge in [-0.3, -0.25) is 4.79 Å². The zero-order chi connectivity index (χ0) is 15.1. The fourth-order valence-corrected chi connectivity index (χ4v) is 3.15. The second kappa shape index (κ2) is 8.18. The molecule has 0 aromatic heterocycles. The van der Waals surface area contributed by atoms with E-state index in [1.807, 2.05) is 38.1 Å². The van der Waals surface area contributed by atoms with E-state index in [0.717, 1.165) is 12.8 Å². The van der Waals surface area contributed by atoms with Gasteiger partial charge in [-0.2, -0.15) is 0 Å². The van der Waals surface area contributed by atoms with E-state index in [2.05, 4.69) is 0 Å². The molecule has 0 heterocycles. The Balaban J connectivity index is 2.21. The Hall–Kier alpha value is -1.35. The van der Waals surface area contributed by atoms with Gasteiger partial charge >= 0.3 is 0 Å². The van der Waals surface area contributed by atoms with E-state index in [0.29, 0.717) is 30.4 Å². The maximum absolute atomic E-state index is 12.9. The van der Waals surface area contributed by atoms with E-state index in [4.69, 9.17) is 9.47 Å². The highest BCUT2D eigenvalue weighted by atomic mass is 16.5. The molecule has 1 aliphatic carbocycles. The van der Waals surface area contributed by atoms with Crippen LogP contribution in [0.15, 0.2) is 24.3 Å². The highest BCUT2D eigenvalue weighted by Gasteiger charge is 2.32. The first-order valence-corrected chi connectivity index (χ1v) is 8.15. The monoisotopic (exact) mass is 290 g/mol. The molecule has 3 heteroatoms. The highest BCUT2D eigenvalue weighted by molar-refractivity contribution is 6.02. The minimum absolute atomic E-state index is 0.0767. The van der Waals surface area contributed by atoms with Crippen molar-refractivity contribution in [2.45, 2.75) is 52.1 Å². The zero-order valence-electron chi connectivity index (χ0n) is 13.1. The molecular weight excluding hydrogens is 264 g/mol. The summed E-state index contributed by atoms with van der Waals surface area (Å²) in [5.41, 5.74) is 0.656. The van der Waals surface area contributed by atoms with Crippen LogP contribution in [0.4, 0.5) is 0 Å². The van der Waals surface area contributed by atoms with Crippen LogP contribution in [-0.4, -0.2) is 25.1 Å². The Labute approximate surface area is 127 Å². The fourth-order valence-electron chi connectivity index (χ4n) is 3.15. The number of para-hydroxylation sites is 1. The van der Waals surface area contributed by atoms with Gasteiger partial charge in [0.2, 0.25) is 0 Å². The molecule has 1 aromatic carbocycles. The van der Waals surface area contributed by atoms with E-state index in [-0.39, 0.29) is 11.9 Å². The van der Waals surface area contributed by atoms with E-state index < -0.39 is 0 Å². The quantitative estimate of drug-likeness (QED) is 0.704. The Bertz CT molecular complexity index is 450. The number of hydrogen-bond donors (Lipinski definition) is 0. The summed E-state index contributed by atoms with van der Waals surface area (Å²) in [6, 6.07) is 7.50. The number of Topliss-reactive ketones (excluding diaryl/α,β-unsaturated/α-hetero) is 1. The van der Waals surface area contributed by atoms with Crippen molar-refractivity contribution >= 4 is 5.78 Å². The van der Waals surface area contributed by atoms with Crippen LogP contribution in [0.2, 0.25) is 0 Å². The summed E-state index contributed by atoms with van der Waals surface area (Å²) >= 11 is 0. The lowest BCUT2D eigenvalue weighted by molar-refractivity contribution is 0.0124. The largest absolute Gasteiger partial charge is 0.493 e. The van der Waals surface area contributed by atoms with Gasteiger partial charge in [-0.05, 0) is 44.7 Å². The normalized spacial score (nSPS) is 17.4. The molecule has 1 unspecified atom stereocenters. The first-order chi connectivity index (χ1) is 10.3. The molecule has 1 fully saturated rings. The lowest BCUT2D eigenvalue weighted by Gasteiger charge is -2.29. The Morgan fingerprint density at radius 3 is 2.52 bits per heavy atom. The smallest absolute Gasteiger partial charge is 0.195 e. The molecule has 0 saturated heterocycles. The van der Waals surface area contributed by atoms with Gasteiger partial charge in [-0.15, -0.1) is 0 Å². The van der Waals surface area contributed by atoms with E-state index in [1.165, 1.54) is 19.3 Å². The Morgan fingerprint density at radius 1 is 1.14 bits per heavy atom. The average Bonchev–Trinajstić information content (AvgIpc) is 2.54. The predicted octanol–water partition coefficient (Wildman–Crippen LogP) is 4.25. The standard InChI is InChI=1S/C18H26O3/c1-3-20-16-13-9-8-12-15(16)17(19)18(21-4-2)14-10-6-5-7-11-14/h8-9,12-14,18H,3-7,10-11H2,1-2H3. The number of carbonyl (C=O) groups is 1. The van der Waals surface area contributed by atoms with Crippen molar-refractivity contribution in [2.75, 3.05) is 13.2 Å². The molecule has 1 aromatic rings. The third-order valence-electron chi connectivity index (χ3n) is 4.13. The molecule has 1 aliphatic rings. The molecule has 0 aliphatic heterocycles. The van der Waals surface area contributed by atoms with Crippen molar-refractivity contribution in [3.05, 3.63) is 29.8 Å². The molecule has 0 spiro atoms. The number of carbonyl (C=O) groups excluding carboxylic acids is 1. The van der Waals surface area contributed by atoms with Crippen molar-refractivity contribution in [3.63, 3.8) is 0 Å². The SMILES string of the molecule is CCOc1ccccc1C(=O)C(OCC)C1CCCCC1. The molecule has 0 N–H and O–H groups in total. The van der Waals surface area contributed by atoms with Crippen LogP contribution in [0, 0.1) is 5.92 Å². The molecule has 21 heavy (non-hydrogen) atoms. The van der Waals surface area contributed by atoms with Crippen LogP contribution in [0.25, 0.3) is 0 Å². The van der Waals surface area contributed by atoms with Crippen LogP contribution < -0.4 is 4.74 Å². The number of benzene rings is 1. The molecule has 0 bridgehead atoms. The minimum atomic E-state index is -0.322. The fraction of sp³-hybridized carbons (Fsp3) is 0.611. The van der Waals surface area contributed by atoms with Gasteiger partial charge in [-0.25, -0.2) is 0 Å². The van der Waals surface area contributed by atoms with Gasteiger partial charge in [0, 0.05) is 6.61 Å². The zero-order valence-corrected chi connectivity index (χ0v) is 13.1. The Kier molecular flexibility index (Phi) is 6.24. The van der Waals surface area contributed by atoms with Crippen LogP contribution >= 0.6 is 0 Å². The van der Waals surface area contributed by atoms with Crippen molar-refractivity contribution in [1.82, 2.24) is 0 Å². The first kappa shape index (κ1) is 16.0. The molecule has 116 valence electrons. The first-order valence-electron chi connectivity index (χ1n) is 8.15. The van der Waals surface area contributed by atoms with Gasteiger partial charge in [0.05, 0.1) is 12.2 Å². The van der Waals surface area contributed by atoms with Gasteiger partial charge in [-0.1, -0.05) is 31.4 Å². The maximum atomic E-state index is 12.9. The van der Waals surface area contributed by atoms with Gasteiger partial charge < -0.3 is 9.47 Å². The van der Waals surface area contributed by atoms with E-state index in [1.54, 1.807) is 0 Å². The second-order valence-corrected chi connectivity index (χ2v) is 5.57. The van der Waals surface area contributed by atoms with Crippen molar-refractivity contribution in [2.24, 2.45) is 5.92 Å². The summed E-state index contributed by atoms with van der Waals surface area (Å²) in [4.78, 5) is 12.9. The summed E-state index contributed by atoms with van der Waals surface area (Å²) in [5, 5.41) is 0. The molecule has 2 rings (SSSR count). The lowest BCUT2D eigenvalue weighted by atomic mass is 9.82. The number of ether oxygens (including phenoxy) is 2. The van der Waals surface area contributed by atoms with Crippen LogP contribution in [0.5, 0.6) is 5.75 Å². The van der Waals surface area contributed by atoms with Crippen LogP contribution in [-0.2, 0) is 4.74 Å². The third-order valence-corrected chi connectivity index (χ3v) is 4.13. The molecule has 3 nitrogen and oxygen atoms in total. The number of hydrogen-bond acceptors (Lipinski definition) is 3. The van der Waals surface area contributed by atoms with E-state index >= 15 is 0 Å². The minimum Gasteiger partial charge on any atom is -0.493 e. The summed E-state index contributed by atoms with van der Waals surface area (Å²) in [5.74, 6) is 1.10. The van der Waals surface area contributed by atoms with Gasteiger partial charge in [0.15, 0.2) is 5.78 Å². The number of rotatable bonds is 7. The predicted molar refractivity (Wildman–Crippen MR) is 83.9 cm³/mol. The van der Waals surface area contributed by atoms with Crippen molar-refractivity contribution in [3.8, 4) is 5.75 Å². The topological polar surface area (TPSA) is 35.5 Å².